The first-order chi connectivity index (χ1) is 16.7. The molecule has 0 unspecified atom stereocenters. The molecule has 0 aliphatic rings. The van der Waals surface area contributed by atoms with Gasteiger partial charge in [-0.2, -0.15) is 0 Å². The molecule has 0 aliphatic heterocycles. The lowest BCUT2D eigenvalue weighted by Crippen LogP contribution is -2.51. The quantitative estimate of drug-likeness (QED) is 0.370. The predicted molar refractivity (Wildman–Crippen MR) is 135 cm³/mol. The van der Waals surface area contributed by atoms with E-state index in [1.165, 1.54) is 9.58 Å². The van der Waals surface area contributed by atoms with Gasteiger partial charge >= 0.3 is 0 Å². The van der Waals surface area contributed by atoms with Crippen LogP contribution in [0.15, 0.2) is 65.1 Å². The van der Waals surface area contributed by atoms with E-state index in [0.29, 0.717) is 39.7 Å². The molecule has 0 radical (unpaired) electrons. The van der Waals surface area contributed by atoms with E-state index in [1.54, 1.807) is 43.3 Å². The summed E-state index contributed by atoms with van der Waals surface area (Å²) in [5.74, 6) is 0.199. The number of benzene rings is 2. The van der Waals surface area contributed by atoms with Crippen molar-refractivity contribution in [3.8, 4) is 0 Å². The van der Waals surface area contributed by atoms with Gasteiger partial charge in [-0.25, -0.2) is 4.68 Å². The highest BCUT2D eigenvalue weighted by atomic mass is 35.5. The second kappa shape index (κ2) is 9.92. The van der Waals surface area contributed by atoms with Crippen LogP contribution in [0, 0.1) is 6.92 Å². The molecule has 1 N–H and O–H groups in total. The summed E-state index contributed by atoms with van der Waals surface area (Å²) >= 11 is 6.55. The van der Waals surface area contributed by atoms with E-state index in [4.69, 9.17) is 16.0 Å². The minimum atomic E-state index is -1.09. The summed E-state index contributed by atoms with van der Waals surface area (Å²) in [5, 5.41) is 11.7. The smallest absolute Gasteiger partial charge is 0.251 e. The maximum absolute atomic E-state index is 13.9. The number of para-hydroxylation sites is 2. The third kappa shape index (κ3) is 5.22. The number of anilines is 1. The number of rotatable bonds is 8. The Kier molecular flexibility index (Phi) is 6.93. The van der Waals surface area contributed by atoms with Crippen molar-refractivity contribution in [1.82, 2.24) is 20.3 Å². The molecule has 0 bridgehead atoms. The molecular formula is C26H28ClN5O3. The molecule has 2 heterocycles. The average Bonchev–Trinajstić information content (AvgIpc) is 3.44. The monoisotopic (exact) mass is 493 g/mol. The first-order valence-electron chi connectivity index (χ1n) is 11.4. The number of nitrogens with one attached hydrogen (secondary N) is 1. The van der Waals surface area contributed by atoms with Gasteiger partial charge in [0.15, 0.2) is 6.04 Å². The van der Waals surface area contributed by atoms with E-state index in [1.807, 2.05) is 45.0 Å². The fraction of sp³-hybridized carbons (Fsp3) is 0.308. The highest BCUT2D eigenvalue weighted by molar-refractivity contribution is 6.34. The van der Waals surface area contributed by atoms with Gasteiger partial charge in [0.1, 0.15) is 23.6 Å². The van der Waals surface area contributed by atoms with E-state index in [0.717, 1.165) is 0 Å². The third-order valence-electron chi connectivity index (χ3n) is 5.97. The molecule has 8 nitrogen and oxygen atoms in total. The number of carbonyl (C=O) groups excluding carboxylic acids is 2. The molecule has 0 spiro atoms. The van der Waals surface area contributed by atoms with Crippen LogP contribution in [0.4, 0.5) is 5.69 Å². The molecule has 1 atom stereocenters. The summed E-state index contributed by atoms with van der Waals surface area (Å²) in [7, 11) is 0. The van der Waals surface area contributed by atoms with Crippen LogP contribution >= 0.6 is 11.6 Å². The molecule has 4 aromatic rings. The molecule has 0 aliphatic carbocycles. The molecule has 0 saturated heterocycles. The van der Waals surface area contributed by atoms with Crippen LogP contribution in [0.1, 0.15) is 44.8 Å². The summed E-state index contributed by atoms with van der Waals surface area (Å²) in [6.45, 7) is 7.49. The molecule has 9 heteroatoms. The Balaban J connectivity index is 1.81. The van der Waals surface area contributed by atoms with Gasteiger partial charge in [0.2, 0.25) is 5.91 Å². The van der Waals surface area contributed by atoms with E-state index in [2.05, 4.69) is 15.6 Å². The Labute approximate surface area is 208 Å². The van der Waals surface area contributed by atoms with Crippen molar-refractivity contribution in [3.63, 3.8) is 0 Å². The number of amides is 2. The number of nitrogens with zero attached hydrogens (tertiary/aromatic N) is 4. The number of fused-ring (bicyclic) bond motifs is 1. The summed E-state index contributed by atoms with van der Waals surface area (Å²) in [4.78, 5) is 29.0. The van der Waals surface area contributed by atoms with Gasteiger partial charge in [-0.05, 0) is 63.6 Å². The zero-order valence-electron chi connectivity index (χ0n) is 20.2. The summed E-state index contributed by atoms with van der Waals surface area (Å²) in [6, 6.07) is 16.7. The van der Waals surface area contributed by atoms with Crippen LogP contribution < -0.4 is 10.2 Å². The zero-order chi connectivity index (χ0) is 25.2. The van der Waals surface area contributed by atoms with Gasteiger partial charge in [0.25, 0.3) is 5.91 Å². The van der Waals surface area contributed by atoms with Crippen molar-refractivity contribution in [2.45, 2.75) is 52.2 Å². The summed E-state index contributed by atoms with van der Waals surface area (Å²) in [6.07, 6.45) is 0.702. The second-order valence-corrected chi connectivity index (χ2v) is 9.44. The van der Waals surface area contributed by atoms with Gasteiger partial charge in [0.05, 0.1) is 16.2 Å². The molecule has 2 aromatic carbocycles. The maximum atomic E-state index is 13.9. The highest BCUT2D eigenvalue weighted by Crippen LogP contribution is 2.34. The maximum Gasteiger partial charge on any atom is 0.251 e. The Morgan fingerprint density at radius 1 is 1.11 bits per heavy atom. The number of halogens is 1. The van der Waals surface area contributed by atoms with E-state index in [-0.39, 0.29) is 12.5 Å². The fourth-order valence-electron chi connectivity index (χ4n) is 3.77. The van der Waals surface area contributed by atoms with Crippen LogP contribution in [-0.2, 0) is 16.1 Å². The molecule has 182 valence electrons. The van der Waals surface area contributed by atoms with Gasteiger partial charge in [0, 0.05) is 5.54 Å². The van der Waals surface area contributed by atoms with E-state index >= 15 is 0 Å². The normalized spacial score (nSPS) is 12.5. The van der Waals surface area contributed by atoms with Crippen LogP contribution in [-0.4, -0.2) is 32.3 Å². The van der Waals surface area contributed by atoms with Gasteiger partial charge in [-0.3, -0.25) is 14.5 Å². The number of aromatic nitrogens is 3. The van der Waals surface area contributed by atoms with Crippen LogP contribution in [0.25, 0.3) is 11.0 Å². The largest absolute Gasteiger partial charge is 0.464 e. The third-order valence-corrected chi connectivity index (χ3v) is 6.29. The first kappa shape index (κ1) is 24.5. The molecule has 35 heavy (non-hydrogen) atoms. The lowest BCUT2D eigenvalue weighted by molar-refractivity contribution is -0.128. The summed E-state index contributed by atoms with van der Waals surface area (Å²) < 4.78 is 7.39. The highest BCUT2D eigenvalue weighted by Gasteiger charge is 2.38. The zero-order valence-corrected chi connectivity index (χ0v) is 20.9. The van der Waals surface area contributed by atoms with E-state index in [9.17, 15) is 9.59 Å². The number of carbonyl (C=O) groups is 2. The fourth-order valence-corrected chi connectivity index (χ4v) is 3.99. The second-order valence-electron chi connectivity index (χ2n) is 9.03. The molecule has 0 saturated carbocycles. The summed E-state index contributed by atoms with van der Waals surface area (Å²) in [5.41, 5.74) is 1.29. The van der Waals surface area contributed by atoms with Crippen LogP contribution in [0.2, 0.25) is 5.02 Å². The lowest BCUT2D eigenvalue weighted by atomic mass is 10.0. The van der Waals surface area contributed by atoms with Crippen molar-refractivity contribution in [3.05, 3.63) is 77.2 Å². The minimum absolute atomic E-state index is 0.146. The van der Waals surface area contributed by atoms with Crippen LogP contribution in [0.3, 0.4) is 0 Å². The average molecular weight is 494 g/mol. The topological polar surface area (TPSA) is 93.3 Å². The number of furan rings is 1. The molecule has 0 fully saturated rings. The van der Waals surface area contributed by atoms with Crippen molar-refractivity contribution in [2.24, 2.45) is 0 Å². The molecular weight excluding hydrogens is 466 g/mol. The van der Waals surface area contributed by atoms with Crippen molar-refractivity contribution in [1.29, 1.82) is 0 Å². The molecule has 2 amide bonds. The van der Waals surface area contributed by atoms with Gasteiger partial charge in [-0.15, -0.1) is 5.10 Å². The van der Waals surface area contributed by atoms with Crippen molar-refractivity contribution in [2.75, 3.05) is 4.90 Å². The van der Waals surface area contributed by atoms with Crippen LogP contribution in [0.5, 0.6) is 0 Å². The SMILES string of the molecule is CCC(C)(C)NC(=O)[C@@H](c1ccc(C)o1)N(C(=O)Cn1nnc2ccccc21)c1ccccc1Cl. The Hall–Kier alpha value is -3.65. The lowest BCUT2D eigenvalue weighted by Gasteiger charge is -2.33. The number of hydrogen-bond donors (Lipinski definition) is 1. The number of aryl methyl sites for hydroxylation is 1. The molecule has 2 aromatic heterocycles. The van der Waals surface area contributed by atoms with Gasteiger partial charge in [-0.1, -0.05) is 48.0 Å². The minimum Gasteiger partial charge on any atom is -0.464 e. The standard InChI is InChI=1S/C26H28ClN5O3/c1-5-26(3,4)28-25(34)24(22-15-14-17(2)35-22)32(20-12-8-6-10-18(20)27)23(33)16-31-21-13-9-7-11-19(21)29-30-31/h6-15,24H,5,16H2,1-4H3,(H,28,34)/t24-/m1/s1. The predicted octanol–water partition coefficient (Wildman–Crippen LogP) is 5.07. The van der Waals surface area contributed by atoms with Crippen molar-refractivity contribution < 1.29 is 14.0 Å². The number of hydrogen-bond acceptors (Lipinski definition) is 5. The van der Waals surface area contributed by atoms with E-state index < -0.39 is 17.5 Å². The Morgan fingerprint density at radius 2 is 1.83 bits per heavy atom. The Morgan fingerprint density at radius 3 is 2.51 bits per heavy atom. The Bertz CT molecular complexity index is 1360. The first-order valence-corrected chi connectivity index (χ1v) is 11.8. The van der Waals surface area contributed by atoms with Gasteiger partial charge < -0.3 is 9.73 Å². The molecule has 4 rings (SSSR count). The van der Waals surface area contributed by atoms with Crippen molar-refractivity contribution >= 4 is 40.1 Å².